The number of ether oxygens (including phenoxy) is 1. The van der Waals surface area contributed by atoms with Crippen molar-refractivity contribution in [1.82, 2.24) is 15.5 Å². The molecule has 1 saturated heterocycles. The number of nitrogens with one attached hydrogen (secondary N) is 2. The number of nitrogens with zero attached hydrogens (tertiary/aromatic N) is 1. The predicted octanol–water partition coefficient (Wildman–Crippen LogP) is 0.394. The van der Waals surface area contributed by atoms with Crippen LogP contribution in [0.25, 0.3) is 0 Å². The topological polar surface area (TPSA) is 148 Å². The smallest absolute Gasteiger partial charge is 0.325 e. The second kappa shape index (κ2) is 8.36. The average Bonchev–Trinajstić information content (AvgIpc) is 3.12. The number of carbonyl (C=O) groups is 5. The van der Waals surface area contributed by atoms with Gasteiger partial charge in [0, 0.05) is 13.0 Å². The van der Waals surface area contributed by atoms with E-state index in [9.17, 15) is 24.0 Å². The zero-order chi connectivity index (χ0) is 20.2. The van der Waals surface area contributed by atoms with Crippen molar-refractivity contribution in [2.45, 2.75) is 64.0 Å². The molecule has 150 valence electrons. The van der Waals surface area contributed by atoms with Crippen LogP contribution in [-0.2, 0) is 19.1 Å². The van der Waals surface area contributed by atoms with Crippen LogP contribution in [-0.4, -0.2) is 52.9 Å². The molecule has 1 aliphatic carbocycles. The summed E-state index contributed by atoms with van der Waals surface area (Å²) in [6.45, 7) is 3.42. The molecule has 0 aromatic carbocycles. The molecule has 10 heteroatoms. The molecule has 4 N–H and O–H groups in total. The van der Waals surface area contributed by atoms with Crippen LogP contribution in [0.1, 0.15) is 52.4 Å². The monoisotopic (exact) mass is 382 g/mol. The number of imide groups is 2. The fourth-order valence-electron chi connectivity index (χ4n) is 3.46. The molecule has 0 bridgehead atoms. The summed E-state index contributed by atoms with van der Waals surface area (Å²) in [5.74, 6) is -2.04. The molecule has 0 unspecified atom stereocenters. The normalized spacial score (nSPS) is 19.3. The molecule has 2 fully saturated rings. The van der Waals surface area contributed by atoms with Gasteiger partial charge in [0.05, 0.1) is 0 Å². The first-order valence-electron chi connectivity index (χ1n) is 9.10. The van der Waals surface area contributed by atoms with Gasteiger partial charge in [0.25, 0.3) is 11.8 Å². The van der Waals surface area contributed by atoms with E-state index in [2.05, 4.69) is 5.32 Å². The summed E-state index contributed by atoms with van der Waals surface area (Å²) < 4.78 is 5.12. The Kier molecular flexibility index (Phi) is 6.40. The zero-order valence-electron chi connectivity index (χ0n) is 15.6. The highest BCUT2D eigenvalue weighted by atomic mass is 16.5. The second-order valence-electron chi connectivity index (χ2n) is 7.29. The first-order valence-corrected chi connectivity index (χ1v) is 9.10. The highest BCUT2D eigenvalue weighted by Gasteiger charge is 2.52. The molecular weight excluding hydrogens is 356 g/mol. The molecular formula is C17H26N4O6. The van der Waals surface area contributed by atoms with Gasteiger partial charge in [0.15, 0.2) is 6.10 Å². The summed E-state index contributed by atoms with van der Waals surface area (Å²) in [6, 6.07) is -1.46. The van der Waals surface area contributed by atoms with Gasteiger partial charge in [-0.1, -0.05) is 26.7 Å². The fraction of sp³-hybridized carbons (Fsp3) is 0.706. The van der Waals surface area contributed by atoms with E-state index < -0.39 is 35.6 Å². The number of nitrogens with two attached hydrogens (primary N) is 1. The molecule has 0 radical (unpaired) electrons. The maximum Gasteiger partial charge on any atom is 0.325 e. The van der Waals surface area contributed by atoms with E-state index in [4.69, 9.17) is 10.5 Å². The molecule has 1 atom stereocenters. The third kappa shape index (κ3) is 4.75. The first-order chi connectivity index (χ1) is 12.7. The SMILES string of the molecule is CC(C)[C@H](OC(=O)CCCN1C(=O)NC2(CCCC2)C1=O)C(=O)NC(N)=O. The molecule has 27 heavy (non-hydrogen) atoms. The number of hydrogen-bond acceptors (Lipinski definition) is 6. The van der Waals surface area contributed by atoms with Crippen molar-refractivity contribution in [2.75, 3.05) is 6.54 Å². The van der Waals surface area contributed by atoms with Crippen LogP contribution in [0, 0.1) is 5.92 Å². The number of amides is 6. The van der Waals surface area contributed by atoms with E-state index in [1.165, 1.54) is 0 Å². The van der Waals surface area contributed by atoms with E-state index in [0.717, 1.165) is 17.7 Å². The highest BCUT2D eigenvalue weighted by Crippen LogP contribution is 2.35. The van der Waals surface area contributed by atoms with Gasteiger partial charge < -0.3 is 15.8 Å². The average molecular weight is 382 g/mol. The summed E-state index contributed by atoms with van der Waals surface area (Å²) in [4.78, 5) is 60.3. The summed E-state index contributed by atoms with van der Waals surface area (Å²) in [5, 5.41) is 4.66. The predicted molar refractivity (Wildman–Crippen MR) is 93.1 cm³/mol. The Morgan fingerprint density at radius 1 is 1.26 bits per heavy atom. The lowest BCUT2D eigenvalue weighted by Crippen LogP contribution is -2.45. The fourth-order valence-corrected chi connectivity index (χ4v) is 3.46. The van der Waals surface area contributed by atoms with Crippen LogP contribution in [0.3, 0.4) is 0 Å². The highest BCUT2D eigenvalue weighted by molar-refractivity contribution is 6.07. The van der Waals surface area contributed by atoms with Crippen LogP contribution in [0.4, 0.5) is 9.59 Å². The van der Waals surface area contributed by atoms with Gasteiger partial charge in [0.2, 0.25) is 0 Å². The van der Waals surface area contributed by atoms with Gasteiger partial charge in [-0.2, -0.15) is 0 Å². The van der Waals surface area contributed by atoms with Crippen molar-refractivity contribution in [3.8, 4) is 0 Å². The van der Waals surface area contributed by atoms with Crippen molar-refractivity contribution >= 4 is 29.8 Å². The van der Waals surface area contributed by atoms with Gasteiger partial charge in [0.1, 0.15) is 5.54 Å². The Labute approximate surface area is 157 Å². The lowest BCUT2D eigenvalue weighted by molar-refractivity contribution is -0.158. The molecule has 1 saturated carbocycles. The van der Waals surface area contributed by atoms with Crippen LogP contribution < -0.4 is 16.4 Å². The maximum absolute atomic E-state index is 12.5. The Hall–Kier alpha value is -2.65. The van der Waals surface area contributed by atoms with Crippen molar-refractivity contribution in [3.05, 3.63) is 0 Å². The largest absolute Gasteiger partial charge is 0.452 e. The summed E-state index contributed by atoms with van der Waals surface area (Å²) >= 11 is 0. The van der Waals surface area contributed by atoms with Crippen molar-refractivity contribution in [3.63, 3.8) is 0 Å². The number of carbonyl (C=O) groups excluding carboxylic acids is 5. The van der Waals surface area contributed by atoms with Crippen molar-refractivity contribution < 1.29 is 28.7 Å². The van der Waals surface area contributed by atoms with E-state index in [0.29, 0.717) is 12.8 Å². The van der Waals surface area contributed by atoms with Crippen molar-refractivity contribution in [1.29, 1.82) is 0 Å². The Bertz CT molecular complexity index is 641. The number of hydrogen-bond donors (Lipinski definition) is 3. The lowest BCUT2D eigenvalue weighted by atomic mass is 9.98. The molecule has 0 aromatic heterocycles. The van der Waals surface area contributed by atoms with Gasteiger partial charge in [-0.3, -0.25) is 24.6 Å². The standard InChI is InChI=1S/C17H26N4O6/c1-10(2)12(13(23)19-15(18)25)27-11(22)6-5-9-21-14(24)17(20-16(21)26)7-3-4-8-17/h10,12H,3-9H2,1-2H3,(H,20,26)(H3,18,19,23,25)/t12-/m0/s1. The third-order valence-electron chi connectivity index (χ3n) is 4.83. The molecule has 10 nitrogen and oxygen atoms in total. The number of rotatable bonds is 7. The van der Waals surface area contributed by atoms with Gasteiger partial charge >= 0.3 is 18.0 Å². The third-order valence-corrected chi connectivity index (χ3v) is 4.83. The number of urea groups is 2. The summed E-state index contributed by atoms with van der Waals surface area (Å²) in [6.07, 6.45) is 2.07. The van der Waals surface area contributed by atoms with Crippen LogP contribution >= 0.6 is 0 Å². The van der Waals surface area contributed by atoms with Crippen LogP contribution in [0.2, 0.25) is 0 Å². The second-order valence-corrected chi connectivity index (χ2v) is 7.29. The van der Waals surface area contributed by atoms with E-state index in [-0.39, 0.29) is 31.2 Å². The van der Waals surface area contributed by atoms with E-state index in [1.807, 2.05) is 5.32 Å². The molecule has 1 heterocycles. The lowest BCUT2D eigenvalue weighted by Gasteiger charge is -2.21. The van der Waals surface area contributed by atoms with E-state index >= 15 is 0 Å². The minimum Gasteiger partial charge on any atom is -0.452 e. The van der Waals surface area contributed by atoms with Gasteiger partial charge in [-0.25, -0.2) is 9.59 Å². The molecule has 2 aliphatic rings. The number of primary amides is 1. The Morgan fingerprint density at radius 3 is 2.44 bits per heavy atom. The maximum atomic E-state index is 12.5. The van der Waals surface area contributed by atoms with Crippen LogP contribution in [0.15, 0.2) is 0 Å². The molecule has 0 aromatic rings. The first kappa shape index (κ1) is 20.7. The molecule has 6 amide bonds. The van der Waals surface area contributed by atoms with Crippen LogP contribution in [0.5, 0.6) is 0 Å². The number of esters is 1. The Balaban J connectivity index is 1.83. The van der Waals surface area contributed by atoms with Gasteiger partial charge in [-0.05, 0) is 25.2 Å². The molecule has 2 rings (SSSR count). The zero-order valence-corrected chi connectivity index (χ0v) is 15.6. The van der Waals surface area contributed by atoms with Crippen molar-refractivity contribution in [2.24, 2.45) is 11.7 Å². The Morgan fingerprint density at radius 2 is 1.89 bits per heavy atom. The quantitative estimate of drug-likeness (QED) is 0.429. The minimum absolute atomic E-state index is 0.0723. The summed E-state index contributed by atoms with van der Waals surface area (Å²) in [7, 11) is 0. The summed E-state index contributed by atoms with van der Waals surface area (Å²) in [5.41, 5.74) is 4.13. The van der Waals surface area contributed by atoms with Gasteiger partial charge in [-0.15, -0.1) is 0 Å². The molecule has 1 spiro atoms. The minimum atomic E-state index is -1.15. The molecule has 1 aliphatic heterocycles. The van der Waals surface area contributed by atoms with E-state index in [1.54, 1.807) is 13.8 Å².